The van der Waals surface area contributed by atoms with Crippen LogP contribution in [0.25, 0.3) is 6.08 Å². The molecule has 0 aliphatic heterocycles. The van der Waals surface area contributed by atoms with E-state index in [-0.39, 0.29) is 12.5 Å². The first-order chi connectivity index (χ1) is 8.34. The molecule has 0 fully saturated rings. The minimum Gasteiger partial charge on any atom is -0.394 e. The van der Waals surface area contributed by atoms with Gasteiger partial charge in [-0.15, -0.1) is 0 Å². The molecule has 0 bridgehead atoms. The number of halogens is 1. The number of carbonyl (C=O) groups is 1. The summed E-state index contributed by atoms with van der Waals surface area (Å²) in [4.78, 5) is 11.6. The van der Waals surface area contributed by atoms with Crippen LogP contribution < -0.4 is 5.32 Å². The summed E-state index contributed by atoms with van der Waals surface area (Å²) in [6, 6.07) is 5.59. The number of aryl methyl sites for hydroxylation is 1. The van der Waals surface area contributed by atoms with Gasteiger partial charge in [-0.1, -0.05) is 23.7 Å². The van der Waals surface area contributed by atoms with E-state index in [0.29, 0.717) is 5.02 Å². The highest BCUT2D eigenvalue weighted by molar-refractivity contribution is 6.31. The number of rotatable bonds is 4. The lowest BCUT2D eigenvalue weighted by Crippen LogP contribution is -2.45. The van der Waals surface area contributed by atoms with E-state index in [4.69, 9.17) is 16.7 Å². The molecular weight excluding hydrogens is 250 g/mol. The van der Waals surface area contributed by atoms with Gasteiger partial charge < -0.3 is 10.4 Å². The number of aliphatic hydroxyl groups excluding tert-OH is 1. The third kappa shape index (κ3) is 4.51. The van der Waals surface area contributed by atoms with Crippen molar-refractivity contribution in [3.8, 4) is 0 Å². The van der Waals surface area contributed by atoms with Gasteiger partial charge in [0.2, 0.25) is 5.91 Å². The van der Waals surface area contributed by atoms with Crippen LogP contribution in [0.1, 0.15) is 25.0 Å². The Morgan fingerprint density at radius 1 is 1.50 bits per heavy atom. The van der Waals surface area contributed by atoms with Crippen molar-refractivity contribution < 1.29 is 9.90 Å². The third-order valence-corrected chi connectivity index (χ3v) is 2.89. The van der Waals surface area contributed by atoms with Crippen molar-refractivity contribution in [3.05, 3.63) is 40.4 Å². The van der Waals surface area contributed by atoms with Gasteiger partial charge >= 0.3 is 0 Å². The van der Waals surface area contributed by atoms with Crippen LogP contribution in [0.3, 0.4) is 0 Å². The number of carbonyl (C=O) groups excluding carboxylic acids is 1. The maximum absolute atomic E-state index is 11.6. The van der Waals surface area contributed by atoms with E-state index in [1.807, 2.05) is 19.1 Å². The minimum absolute atomic E-state index is 0.108. The van der Waals surface area contributed by atoms with Gasteiger partial charge in [0.1, 0.15) is 0 Å². The normalized spacial score (nSPS) is 11.8. The molecule has 0 unspecified atom stereocenters. The van der Waals surface area contributed by atoms with E-state index in [2.05, 4.69) is 5.32 Å². The maximum Gasteiger partial charge on any atom is 0.244 e. The molecule has 4 heteroatoms. The second-order valence-corrected chi connectivity index (χ2v) is 5.28. The number of hydrogen-bond donors (Lipinski definition) is 2. The second kappa shape index (κ2) is 6.03. The van der Waals surface area contributed by atoms with Crippen molar-refractivity contribution in [1.29, 1.82) is 0 Å². The van der Waals surface area contributed by atoms with Crippen LogP contribution in [0.4, 0.5) is 0 Å². The highest BCUT2D eigenvalue weighted by Crippen LogP contribution is 2.17. The van der Waals surface area contributed by atoms with Crippen molar-refractivity contribution in [1.82, 2.24) is 5.32 Å². The topological polar surface area (TPSA) is 49.3 Å². The van der Waals surface area contributed by atoms with Gasteiger partial charge in [-0.05, 0) is 44.0 Å². The van der Waals surface area contributed by atoms with E-state index in [9.17, 15) is 4.79 Å². The fourth-order valence-corrected chi connectivity index (χ4v) is 1.49. The summed E-state index contributed by atoms with van der Waals surface area (Å²) < 4.78 is 0. The number of amides is 1. The Hall–Kier alpha value is -1.32. The molecule has 1 rings (SSSR count). The summed E-state index contributed by atoms with van der Waals surface area (Å²) in [5.74, 6) is -0.245. The van der Waals surface area contributed by atoms with Gasteiger partial charge in [-0.3, -0.25) is 4.79 Å². The molecule has 1 aromatic rings. The van der Waals surface area contributed by atoms with Crippen molar-refractivity contribution in [2.45, 2.75) is 26.3 Å². The molecule has 0 spiro atoms. The van der Waals surface area contributed by atoms with Crippen molar-refractivity contribution in [2.75, 3.05) is 6.61 Å². The van der Waals surface area contributed by atoms with Crippen LogP contribution in [0, 0.1) is 6.92 Å². The number of benzene rings is 1. The van der Waals surface area contributed by atoms with Gasteiger partial charge in [0.05, 0.1) is 12.1 Å². The van der Waals surface area contributed by atoms with E-state index in [0.717, 1.165) is 11.1 Å². The Morgan fingerprint density at radius 3 is 2.72 bits per heavy atom. The standard InChI is InChI=1S/C14H18ClNO2/c1-10-4-5-11(8-12(10)15)6-7-13(18)16-14(2,3)9-17/h4-8,17H,9H2,1-3H3,(H,16,18)/b7-6+. The van der Waals surface area contributed by atoms with Gasteiger partial charge in [0.15, 0.2) is 0 Å². The summed E-state index contributed by atoms with van der Waals surface area (Å²) in [7, 11) is 0. The van der Waals surface area contributed by atoms with Crippen LogP contribution in [0.2, 0.25) is 5.02 Å². The second-order valence-electron chi connectivity index (χ2n) is 4.87. The molecule has 0 saturated heterocycles. The Labute approximate surface area is 112 Å². The van der Waals surface area contributed by atoms with Gasteiger partial charge in [-0.2, -0.15) is 0 Å². The lowest BCUT2D eigenvalue weighted by atomic mass is 10.1. The maximum atomic E-state index is 11.6. The summed E-state index contributed by atoms with van der Waals surface area (Å²) in [5.41, 5.74) is 1.24. The first kappa shape index (κ1) is 14.7. The molecular formula is C14H18ClNO2. The average Bonchev–Trinajstić information content (AvgIpc) is 2.30. The molecule has 2 N–H and O–H groups in total. The molecule has 0 aromatic heterocycles. The first-order valence-corrected chi connectivity index (χ1v) is 6.09. The zero-order valence-electron chi connectivity index (χ0n) is 10.8. The van der Waals surface area contributed by atoms with E-state index in [1.54, 1.807) is 26.0 Å². The third-order valence-electron chi connectivity index (χ3n) is 2.48. The summed E-state index contributed by atoms with van der Waals surface area (Å²) in [5, 5.41) is 12.4. The first-order valence-electron chi connectivity index (χ1n) is 5.71. The predicted octanol–water partition coefficient (Wildman–Crippen LogP) is 2.55. The van der Waals surface area contributed by atoms with Crippen LogP contribution >= 0.6 is 11.6 Å². The smallest absolute Gasteiger partial charge is 0.244 e. The molecule has 0 radical (unpaired) electrons. The van der Waals surface area contributed by atoms with Crippen LogP contribution in [0.5, 0.6) is 0 Å². The van der Waals surface area contributed by atoms with Gasteiger partial charge in [0, 0.05) is 11.1 Å². The zero-order valence-corrected chi connectivity index (χ0v) is 11.6. The number of hydrogen-bond acceptors (Lipinski definition) is 2. The fourth-order valence-electron chi connectivity index (χ4n) is 1.30. The SMILES string of the molecule is Cc1ccc(/C=C/C(=O)NC(C)(C)CO)cc1Cl. The average molecular weight is 268 g/mol. The van der Waals surface area contributed by atoms with Crippen LogP contribution in [-0.2, 0) is 4.79 Å². The summed E-state index contributed by atoms with van der Waals surface area (Å²) in [6.07, 6.45) is 3.12. The highest BCUT2D eigenvalue weighted by atomic mass is 35.5. The fraction of sp³-hybridized carbons (Fsp3) is 0.357. The molecule has 1 aromatic carbocycles. The molecule has 1 amide bonds. The number of nitrogens with one attached hydrogen (secondary N) is 1. The Kier molecular flexibility index (Phi) is 4.93. The minimum atomic E-state index is -0.619. The zero-order chi connectivity index (χ0) is 13.8. The molecule has 98 valence electrons. The molecule has 0 atom stereocenters. The van der Waals surface area contributed by atoms with Crippen LogP contribution in [0.15, 0.2) is 24.3 Å². The molecule has 3 nitrogen and oxygen atoms in total. The van der Waals surface area contributed by atoms with E-state index >= 15 is 0 Å². The molecule has 0 aliphatic rings. The predicted molar refractivity (Wildman–Crippen MR) is 74.5 cm³/mol. The molecule has 0 heterocycles. The Morgan fingerprint density at radius 2 is 2.17 bits per heavy atom. The van der Waals surface area contributed by atoms with Gasteiger partial charge in [-0.25, -0.2) is 0 Å². The Balaban J connectivity index is 2.69. The molecule has 0 saturated carbocycles. The lowest BCUT2D eigenvalue weighted by molar-refractivity contribution is -0.118. The molecule has 18 heavy (non-hydrogen) atoms. The summed E-state index contributed by atoms with van der Waals surface area (Å²) in [6.45, 7) is 5.32. The van der Waals surface area contributed by atoms with Crippen molar-refractivity contribution in [2.24, 2.45) is 0 Å². The largest absolute Gasteiger partial charge is 0.394 e. The van der Waals surface area contributed by atoms with Gasteiger partial charge in [0.25, 0.3) is 0 Å². The summed E-state index contributed by atoms with van der Waals surface area (Å²) >= 11 is 5.99. The monoisotopic (exact) mass is 267 g/mol. The molecule has 0 aliphatic carbocycles. The van der Waals surface area contributed by atoms with Crippen LogP contribution in [-0.4, -0.2) is 23.2 Å². The highest BCUT2D eigenvalue weighted by Gasteiger charge is 2.17. The van der Waals surface area contributed by atoms with Crippen molar-refractivity contribution >= 4 is 23.6 Å². The Bertz CT molecular complexity index is 467. The lowest BCUT2D eigenvalue weighted by Gasteiger charge is -2.22. The van der Waals surface area contributed by atoms with E-state index in [1.165, 1.54) is 6.08 Å². The van der Waals surface area contributed by atoms with E-state index < -0.39 is 5.54 Å². The number of aliphatic hydroxyl groups is 1. The van der Waals surface area contributed by atoms with Crippen molar-refractivity contribution in [3.63, 3.8) is 0 Å². The quantitative estimate of drug-likeness (QED) is 0.824.